The van der Waals surface area contributed by atoms with Crippen LogP contribution in [0.15, 0.2) is 12.7 Å². The van der Waals surface area contributed by atoms with E-state index in [0.29, 0.717) is 19.6 Å². The van der Waals surface area contributed by atoms with Crippen LogP contribution in [0.2, 0.25) is 0 Å². The molecule has 1 N–H and O–H groups in total. The maximum absolute atomic E-state index is 9.09. The zero-order valence-corrected chi connectivity index (χ0v) is 6.53. The summed E-state index contributed by atoms with van der Waals surface area (Å²) in [6.07, 6.45) is 2.39. The smallest absolute Gasteiger partial charge is 0.157 e. The summed E-state index contributed by atoms with van der Waals surface area (Å²) in [5.41, 5.74) is 0. The van der Waals surface area contributed by atoms with Crippen LogP contribution < -0.4 is 0 Å². The lowest BCUT2D eigenvalue weighted by Crippen LogP contribution is -2.11. The van der Waals surface area contributed by atoms with Gasteiger partial charge >= 0.3 is 0 Å². The van der Waals surface area contributed by atoms with Crippen molar-refractivity contribution in [2.24, 2.45) is 0 Å². The summed E-state index contributed by atoms with van der Waals surface area (Å²) in [6.45, 7) is 4.83. The van der Waals surface area contributed by atoms with E-state index in [-0.39, 0.29) is 6.29 Å². The van der Waals surface area contributed by atoms with Crippen LogP contribution in [0.5, 0.6) is 0 Å². The summed E-state index contributed by atoms with van der Waals surface area (Å²) in [7, 11) is 0. The van der Waals surface area contributed by atoms with Crippen LogP contribution in [0.3, 0.4) is 0 Å². The molecule has 0 aliphatic carbocycles. The Labute approximate surface area is 66.6 Å². The van der Waals surface area contributed by atoms with E-state index < -0.39 is 6.10 Å². The predicted octanol–water partition coefficient (Wildman–Crippen LogP) is 0.686. The van der Waals surface area contributed by atoms with Gasteiger partial charge in [-0.25, -0.2) is 0 Å². The molecule has 1 atom stereocenters. The summed E-state index contributed by atoms with van der Waals surface area (Å²) < 4.78 is 10.4. The van der Waals surface area contributed by atoms with Gasteiger partial charge in [-0.05, 0) is 6.42 Å². The van der Waals surface area contributed by atoms with E-state index in [9.17, 15) is 0 Å². The van der Waals surface area contributed by atoms with Crippen LogP contribution in [0, 0.1) is 0 Å². The molecule has 0 aromatic heterocycles. The molecule has 0 bridgehead atoms. The van der Waals surface area contributed by atoms with E-state index in [1.54, 1.807) is 0 Å². The third kappa shape index (κ3) is 3.01. The molecule has 3 heteroatoms. The minimum absolute atomic E-state index is 0.107. The van der Waals surface area contributed by atoms with Crippen molar-refractivity contribution >= 4 is 0 Å². The molecule has 1 unspecified atom stereocenters. The zero-order chi connectivity index (χ0) is 8.10. The van der Waals surface area contributed by atoms with Crippen molar-refractivity contribution in [1.82, 2.24) is 0 Å². The van der Waals surface area contributed by atoms with Crippen molar-refractivity contribution in [3.05, 3.63) is 12.7 Å². The van der Waals surface area contributed by atoms with Crippen LogP contribution in [-0.2, 0) is 9.47 Å². The third-order valence-electron chi connectivity index (χ3n) is 1.66. The Morgan fingerprint density at radius 3 is 2.73 bits per heavy atom. The maximum atomic E-state index is 9.09. The van der Waals surface area contributed by atoms with E-state index in [1.165, 1.54) is 6.08 Å². The Morgan fingerprint density at radius 2 is 2.18 bits per heavy atom. The fourth-order valence-electron chi connectivity index (χ4n) is 0.999. The Balaban J connectivity index is 2.06. The van der Waals surface area contributed by atoms with Crippen LogP contribution in [0.25, 0.3) is 0 Å². The molecule has 3 nitrogen and oxygen atoms in total. The molecule has 64 valence electrons. The Kier molecular flexibility index (Phi) is 3.56. The second kappa shape index (κ2) is 4.49. The minimum atomic E-state index is -0.428. The lowest BCUT2D eigenvalue weighted by Gasteiger charge is -2.09. The van der Waals surface area contributed by atoms with Crippen LogP contribution >= 0.6 is 0 Å². The molecule has 1 saturated heterocycles. The second-order valence-corrected chi connectivity index (χ2v) is 2.55. The summed E-state index contributed by atoms with van der Waals surface area (Å²) in [6, 6.07) is 0. The van der Waals surface area contributed by atoms with Gasteiger partial charge in [0.05, 0.1) is 19.3 Å². The quantitative estimate of drug-likeness (QED) is 0.612. The first kappa shape index (κ1) is 8.71. The molecule has 11 heavy (non-hydrogen) atoms. The number of hydrogen-bond acceptors (Lipinski definition) is 3. The average Bonchev–Trinajstić information content (AvgIpc) is 2.52. The Bertz CT molecular complexity index is 119. The first-order chi connectivity index (χ1) is 5.33. The van der Waals surface area contributed by atoms with E-state index in [2.05, 4.69) is 6.58 Å². The molecule has 0 saturated carbocycles. The number of hydrogen-bond donors (Lipinski definition) is 1. The third-order valence-corrected chi connectivity index (χ3v) is 1.66. The van der Waals surface area contributed by atoms with E-state index in [0.717, 1.165) is 6.42 Å². The molecule has 0 radical (unpaired) electrons. The molecular formula is C8H14O3. The van der Waals surface area contributed by atoms with E-state index in [1.807, 2.05) is 0 Å². The first-order valence-electron chi connectivity index (χ1n) is 3.87. The molecule has 0 aromatic carbocycles. The van der Waals surface area contributed by atoms with Gasteiger partial charge in [-0.2, -0.15) is 0 Å². The number of aliphatic hydroxyl groups is 1. The van der Waals surface area contributed by atoms with Gasteiger partial charge in [0.15, 0.2) is 6.29 Å². The highest BCUT2D eigenvalue weighted by Gasteiger charge is 2.16. The lowest BCUT2D eigenvalue weighted by molar-refractivity contribution is -0.0520. The van der Waals surface area contributed by atoms with Crippen molar-refractivity contribution in [2.75, 3.05) is 13.2 Å². The highest BCUT2D eigenvalue weighted by molar-refractivity contribution is 4.77. The van der Waals surface area contributed by atoms with Crippen LogP contribution in [0.1, 0.15) is 12.8 Å². The first-order valence-corrected chi connectivity index (χ1v) is 3.87. The number of rotatable bonds is 4. The second-order valence-electron chi connectivity index (χ2n) is 2.55. The molecule has 1 heterocycles. The van der Waals surface area contributed by atoms with Gasteiger partial charge in [0, 0.05) is 6.42 Å². The van der Waals surface area contributed by atoms with Crippen LogP contribution in [0.4, 0.5) is 0 Å². The number of aliphatic hydroxyl groups excluding tert-OH is 1. The molecule has 1 rings (SSSR count). The van der Waals surface area contributed by atoms with Crippen molar-refractivity contribution in [3.8, 4) is 0 Å². The Hall–Kier alpha value is -0.380. The number of ether oxygens (including phenoxy) is 2. The average molecular weight is 158 g/mol. The largest absolute Gasteiger partial charge is 0.389 e. The van der Waals surface area contributed by atoms with Gasteiger partial charge in [0.25, 0.3) is 0 Å². The molecule has 1 aliphatic heterocycles. The molecular weight excluding hydrogens is 144 g/mol. The SMILES string of the molecule is C=CC(O)CCC1OCCO1. The van der Waals surface area contributed by atoms with Crippen molar-refractivity contribution in [1.29, 1.82) is 0 Å². The van der Waals surface area contributed by atoms with Crippen molar-refractivity contribution in [2.45, 2.75) is 25.2 Å². The van der Waals surface area contributed by atoms with Gasteiger partial charge in [-0.1, -0.05) is 6.08 Å². The minimum Gasteiger partial charge on any atom is -0.389 e. The van der Waals surface area contributed by atoms with E-state index >= 15 is 0 Å². The molecule has 1 aliphatic rings. The zero-order valence-electron chi connectivity index (χ0n) is 6.53. The van der Waals surface area contributed by atoms with Gasteiger partial charge in [0.2, 0.25) is 0 Å². The summed E-state index contributed by atoms with van der Waals surface area (Å²) in [5, 5.41) is 9.09. The molecule has 0 amide bonds. The summed E-state index contributed by atoms with van der Waals surface area (Å²) >= 11 is 0. The highest BCUT2D eigenvalue weighted by atomic mass is 16.7. The van der Waals surface area contributed by atoms with Gasteiger partial charge in [-0.3, -0.25) is 0 Å². The molecule has 0 aromatic rings. The Morgan fingerprint density at radius 1 is 1.55 bits per heavy atom. The molecule has 0 spiro atoms. The summed E-state index contributed by atoms with van der Waals surface area (Å²) in [4.78, 5) is 0. The van der Waals surface area contributed by atoms with Crippen molar-refractivity contribution < 1.29 is 14.6 Å². The van der Waals surface area contributed by atoms with Gasteiger partial charge in [0.1, 0.15) is 0 Å². The fourth-order valence-corrected chi connectivity index (χ4v) is 0.999. The monoisotopic (exact) mass is 158 g/mol. The fraction of sp³-hybridized carbons (Fsp3) is 0.750. The standard InChI is InChI=1S/C8H14O3/c1-2-7(9)3-4-8-10-5-6-11-8/h2,7-9H,1,3-6H2. The lowest BCUT2D eigenvalue weighted by atomic mass is 10.2. The highest BCUT2D eigenvalue weighted by Crippen LogP contribution is 2.11. The predicted molar refractivity (Wildman–Crippen MR) is 41.1 cm³/mol. The molecule has 1 fully saturated rings. The van der Waals surface area contributed by atoms with Gasteiger partial charge < -0.3 is 14.6 Å². The summed E-state index contributed by atoms with van der Waals surface area (Å²) in [5.74, 6) is 0. The van der Waals surface area contributed by atoms with E-state index in [4.69, 9.17) is 14.6 Å². The maximum Gasteiger partial charge on any atom is 0.157 e. The van der Waals surface area contributed by atoms with Crippen molar-refractivity contribution in [3.63, 3.8) is 0 Å². The van der Waals surface area contributed by atoms with Gasteiger partial charge in [-0.15, -0.1) is 6.58 Å². The topological polar surface area (TPSA) is 38.7 Å². The normalized spacial score (nSPS) is 21.9. The van der Waals surface area contributed by atoms with Crippen LogP contribution in [-0.4, -0.2) is 30.7 Å².